The van der Waals surface area contributed by atoms with E-state index in [0.29, 0.717) is 87.8 Å². The number of piperazine rings is 1. The smallest absolute Gasteiger partial charge is 0.259 e. The maximum Gasteiger partial charge on any atom is 0.259 e. The SMILES string of the molecule is COc1ccccc1-c1noc(C)c1C(=O)N1CCN(c2cc(NC(=O)c3ccc(N(N)/C=N\N)cc3)c([NH2+]O)cc2Cl)CC1. The molecule has 0 saturated carbocycles. The average molecular weight is 635 g/mol. The molecule has 15 heteroatoms. The van der Waals surface area contributed by atoms with E-state index in [-0.39, 0.29) is 5.91 Å². The van der Waals surface area contributed by atoms with Crippen LogP contribution in [-0.2, 0) is 0 Å². The molecule has 0 atom stereocenters. The van der Waals surface area contributed by atoms with Gasteiger partial charge in [0, 0.05) is 43.4 Å². The predicted octanol–water partition coefficient (Wildman–Crippen LogP) is 2.69. The lowest BCUT2D eigenvalue weighted by Gasteiger charge is -2.36. The van der Waals surface area contributed by atoms with E-state index in [4.69, 9.17) is 32.5 Å². The fraction of sp³-hybridized carbons (Fsp3) is 0.200. The summed E-state index contributed by atoms with van der Waals surface area (Å²) in [6.07, 6.45) is 1.23. The van der Waals surface area contributed by atoms with E-state index in [1.165, 1.54) is 11.3 Å². The highest BCUT2D eigenvalue weighted by molar-refractivity contribution is 6.33. The minimum Gasteiger partial charge on any atom is -0.496 e. The number of quaternary nitrogens is 1. The Morgan fingerprint density at radius 2 is 1.87 bits per heavy atom. The topological polar surface area (TPSA) is 192 Å². The summed E-state index contributed by atoms with van der Waals surface area (Å²) in [6.45, 7) is 3.46. The molecule has 1 fully saturated rings. The van der Waals surface area contributed by atoms with Crippen LogP contribution in [0.3, 0.4) is 0 Å². The molecule has 8 N–H and O–H groups in total. The summed E-state index contributed by atoms with van der Waals surface area (Å²) >= 11 is 6.62. The molecule has 45 heavy (non-hydrogen) atoms. The Morgan fingerprint density at radius 1 is 1.16 bits per heavy atom. The fourth-order valence-electron chi connectivity index (χ4n) is 5.11. The summed E-state index contributed by atoms with van der Waals surface area (Å²) in [7, 11) is 1.56. The van der Waals surface area contributed by atoms with Crippen LogP contribution in [0.15, 0.2) is 70.3 Å². The van der Waals surface area contributed by atoms with Crippen molar-refractivity contribution in [2.75, 3.05) is 48.5 Å². The minimum atomic E-state index is -0.403. The number of methoxy groups -OCH3 is 1. The molecule has 2 amide bonds. The van der Waals surface area contributed by atoms with Gasteiger partial charge >= 0.3 is 0 Å². The van der Waals surface area contributed by atoms with Gasteiger partial charge in [0.2, 0.25) is 0 Å². The number of hydrogen-bond donors (Lipinski definition) is 5. The first-order valence-corrected chi connectivity index (χ1v) is 14.3. The maximum absolute atomic E-state index is 13.7. The van der Waals surface area contributed by atoms with Crippen molar-refractivity contribution in [3.8, 4) is 17.0 Å². The summed E-state index contributed by atoms with van der Waals surface area (Å²) < 4.78 is 10.9. The van der Waals surface area contributed by atoms with Gasteiger partial charge in [-0.2, -0.15) is 10.6 Å². The predicted molar refractivity (Wildman–Crippen MR) is 170 cm³/mol. The van der Waals surface area contributed by atoms with Crippen molar-refractivity contribution in [2.45, 2.75) is 6.92 Å². The molecule has 5 rings (SSSR count). The first-order chi connectivity index (χ1) is 21.7. The molecular weight excluding hydrogens is 602 g/mol. The molecule has 0 spiro atoms. The Kier molecular flexibility index (Phi) is 9.49. The standard InChI is InChI=1S/C30H32ClN9O5/c1-18-27(28(37-45-18)21-5-3-4-6-26(21)44-2)30(42)39-13-11-38(12-14-39)25-16-23(24(36-43)15-22(25)31)35-29(41)19-7-9-20(10-8-19)40(33)17-34-32/h3-10,15-17,36,43H,11-14,32-33H2,1-2H3,(H,35,41)/p+1/b34-17-. The molecule has 1 aliphatic rings. The van der Waals surface area contributed by atoms with Crippen molar-refractivity contribution in [3.05, 3.63) is 82.6 Å². The van der Waals surface area contributed by atoms with Gasteiger partial charge < -0.3 is 30.2 Å². The van der Waals surface area contributed by atoms with Crippen LogP contribution in [0, 0.1) is 6.92 Å². The Hall–Kier alpha value is -5.15. The van der Waals surface area contributed by atoms with E-state index in [1.807, 2.05) is 23.1 Å². The normalized spacial score (nSPS) is 13.3. The van der Waals surface area contributed by atoms with E-state index in [9.17, 15) is 14.8 Å². The number of amides is 2. The Balaban J connectivity index is 1.31. The molecule has 2 heterocycles. The van der Waals surface area contributed by atoms with Crippen molar-refractivity contribution in [1.82, 2.24) is 10.1 Å². The lowest BCUT2D eigenvalue weighted by Crippen LogP contribution is -2.74. The van der Waals surface area contributed by atoms with E-state index in [0.717, 1.165) is 5.48 Å². The quantitative estimate of drug-likeness (QED) is 0.0601. The van der Waals surface area contributed by atoms with Crippen molar-refractivity contribution in [1.29, 1.82) is 0 Å². The summed E-state index contributed by atoms with van der Waals surface area (Å²) in [5.41, 5.74) is 4.64. The number of nitrogens with two attached hydrogens (primary N) is 3. The number of rotatable bonds is 9. The van der Waals surface area contributed by atoms with Gasteiger partial charge in [0.05, 0.1) is 23.5 Å². The number of nitrogens with one attached hydrogen (secondary N) is 1. The number of aryl methyl sites for hydroxylation is 1. The van der Waals surface area contributed by atoms with E-state index in [1.54, 1.807) is 61.4 Å². The summed E-state index contributed by atoms with van der Waals surface area (Å²) in [5.74, 6) is 11.4. The number of halogens is 1. The maximum atomic E-state index is 13.7. The Bertz CT molecular complexity index is 1720. The van der Waals surface area contributed by atoms with Crippen LogP contribution in [0.4, 0.5) is 22.7 Å². The second kappa shape index (κ2) is 13.7. The summed E-state index contributed by atoms with van der Waals surface area (Å²) in [5, 5.41) is 21.8. The number of hydrazine groups is 1. The number of aromatic nitrogens is 1. The highest BCUT2D eigenvalue weighted by atomic mass is 35.5. The molecule has 1 saturated heterocycles. The Morgan fingerprint density at radius 3 is 2.53 bits per heavy atom. The molecule has 0 unspecified atom stereocenters. The molecule has 14 nitrogen and oxygen atoms in total. The zero-order valence-corrected chi connectivity index (χ0v) is 25.4. The van der Waals surface area contributed by atoms with Gasteiger partial charge in [0.25, 0.3) is 11.8 Å². The zero-order valence-electron chi connectivity index (χ0n) is 24.6. The lowest BCUT2D eigenvalue weighted by molar-refractivity contribution is -0.825. The summed E-state index contributed by atoms with van der Waals surface area (Å²) in [6, 6.07) is 17.1. The number of ether oxygens (including phenoxy) is 1. The average Bonchev–Trinajstić information content (AvgIpc) is 3.45. The molecule has 234 valence electrons. The van der Waals surface area contributed by atoms with E-state index in [2.05, 4.69) is 15.6 Å². The van der Waals surface area contributed by atoms with Crippen LogP contribution < -0.4 is 37.1 Å². The summed E-state index contributed by atoms with van der Waals surface area (Å²) in [4.78, 5) is 30.6. The van der Waals surface area contributed by atoms with Crippen LogP contribution >= 0.6 is 11.6 Å². The number of anilines is 3. The molecule has 0 radical (unpaired) electrons. The molecular formula is C30H33ClN9O5+. The second-order valence-corrected chi connectivity index (χ2v) is 10.5. The van der Waals surface area contributed by atoms with Gasteiger partial charge in [0.15, 0.2) is 5.69 Å². The number of para-hydroxylation sites is 1. The first kappa shape index (κ1) is 31.3. The van der Waals surface area contributed by atoms with Crippen LogP contribution in [0.5, 0.6) is 5.75 Å². The van der Waals surface area contributed by atoms with Gasteiger partial charge in [-0.25, -0.2) is 11.0 Å². The number of hydrogen-bond acceptors (Lipinski definition) is 10. The van der Waals surface area contributed by atoms with Gasteiger partial charge in [-0.15, -0.1) is 0 Å². The molecule has 4 aromatic rings. The third kappa shape index (κ3) is 6.53. The number of benzene rings is 3. The number of carbonyl (C=O) groups excluding carboxylic acids is 2. The third-order valence-corrected chi connectivity index (χ3v) is 7.77. The van der Waals surface area contributed by atoms with Crippen molar-refractivity contribution in [2.24, 2.45) is 16.8 Å². The second-order valence-electron chi connectivity index (χ2n) is 10.1. The van der Waals surface area contributed by atoms with Gasteiger partial charge in [-0.3, -0.25) is 14.6 Å². The lowest BCUT2D eigenvalue weighted by atomic mass is 10.0. The third-order valence-electron chi connectivity index (χ3n) is 7.47. The van der Waals surface area contributed by atoms with Gasteiger partial charge in [-0.1, -0.05) is 28.9 Å². The number of hydrazone groups is 1. The first-order valence-electron chi connectivity index (χ1n) is 13.9. The van der Waals surface area contributed by atoms with Crippen LogP contribution in [-0.4, -0.2) is 66.7 Å². The van der Waals surface area contributed by atoms with Gasteiger partial charge in [-0.05, 0) is 49.4 Å². The minimum absolute atomic E-state index is 0.197. The molecule has 0 aliphatic carbocycles. The van der Waals surface area contributed by atoms with Crippen LogP contribution in [0.1, 0.15) is 26.5 Å². The van der Waals surface area contributed by atoms with E-state index < -0.39 is 5.91 Å². The highest BCUT2D eigenvalue weighted by Crippen LogP contribution is 2.36. The monoisotopic (exact) mass is 634 g/mol. The highest BCUT2D eigenvalue weighted by Gasteiger charge is 2.30. The fourth-order valence-corrected chi connectivity index (χ4v) is 5.40. The zero-order chi connectivity index (χ0) is 32.1. The molecule has 1 aromatic heterocycles. The molecule has 3 aromatic carbocycles. The molecule has 0 bridgehead atoms. The van der Waals surface area contributed by atoms with Crippen molar-refractivity contribution >= 4 is 52.5 Å². The Labute approximate surface area is 263 Å². The number of carbonyl (C=O) groups is 2. The number of nitrogens with zero attached hydrogens (tertiary/aromatic N) is 5. The van der Waals surface area contributed by atoms with Crippen molar-refractivity contribution < 1.29 is 29.5 Å². The van der Waals surface area contributed by atoms with E-state index >= 15 is 0 Å². The van der Waals surface area contributed by atoms with Crippen LogP contribution in [0.25, 0.3) is 11.3 Å². The molecule has 1 aliphatic heterocycles. The van der Waals surface area contributed by atoms with Gasteiger partial charge in [0.1, 0.15) is 34.8 Å². The largest absolute Gasteiger partial charge is 0.496 e. The van der Waals surface area contributed by atoms with Crippen molar-refractivity contribution in [3.63, 3.8) is 0 Å². The van der Waals surface area contributed by atoms with Crippen LogP contribution in [0.2, 0.25) is 5.02 Å².